The van der Waals surface area contributed by atoms with Crippen molar-refractivity contribution in [3.63, 3.8) is 0 Å². The molecule has 1 N–H and O–H groups in total. The number of thioether (sulfide) groups is 1. The van der Waals surface area contributed by atoms with Gasteiger partial charge < -0.3 is 9.84 Å². The molecule has 1 aromatic heterocycles. The van der Waals surface area contributed by atoms with Gasteiger partial charge in [-0.2, -0.15) is 4.98 Å². The van der Waals surface area contributed by atoms with Crippen LogP contribution in [0.2, 0.25) is 0 Å². The summed E-state index contributed by atoms with van der Waals surface area (Å²) in [5.41, 5.74) is 1.26. The second kappa shape index (κ2) is 6.20. The summed E-state index contributed by atoms with van der Waals surface area (Å²) in [7, 11) is 0. The summed E-state index contributed by atoms with van der Waals surface area (Å²) in [6.45, 7) is 6.29. The second-order valence-corrected chi connectivity index (χ2v) is 7.01. The van der Waals surface area contributed by atoms with Gasteiger partial charge in [-0.25, -0.2) is 0 Å². The third-order valence-electron chi connectivity index (χ3n) is 3.97. The van der Waals surface area contributed by atoms with Crippen molar-refractivity contribution >= 4 is 11.8 Å². The second-order valence-electron chi connectivity index (χ2n) is 5.96. The minimum Gasteiger partial charge on any atom is -0.339 e. The summed E-state index contributed by atoms with van der Waals surface area (Å²) in [6, 6.07) is 8.51. The van der Waals surface area contributed by atoms with Crippen molar-refractivity contribution in [1.29, 1.82) is 0 Å². The lowest BCUT2D eigenvalue weighted by Crippen LogP contribution is -2.41. The van der Waals surface area contributed by atoms with Crippen LogP contribution in [0, 0.1) is 6.92 Å². The van der Waals surface area contributed by atoms with Gasteiger partial charge in [-0.1, -0.05) is 22.9 Å². The topological polar surface area (TPSA) is 51.0 Å². The van der Waals surface area contributed by atoms with Crippen LogP contribution in [0.3, 0.4) is 0 Å². The Morgan fingerprint density at radius 1 is 1.33 bits per heavy atom. The fourth-order valence-corrected chi connectivity index (χ4v) is 3.32. The molecule has 1 aliphatic rings. The highest BCUT2D eigenvalue weighted by Gasteiger charge is 2.34. The molecule has 0 saturated carbocycles. The van der Waals surface area contributed by atoms with Gasteiger partial charge in [-0.05, 0) is 45.4 Å². The summed E-state index contributed by atoms with van der Waals surface area (Å²) in [5.74, 6) is 2.30. The van der Waals surface area contributed by atoms with Crippen LogP contribution in [0.1, 0.15) is 37.0 Å². The first-order valence-corrected chi connectivity index (χ1v) is 8.38. The van der Waals surface area contributed by atoms with Gasteiger partial charge in [0.25, 0.3) is 0 Å². The Labute approximate surface area is 129 Å². The molecule has 0 radical (unpaired) electrons. The molecule has 1 unspecified atom stereocenters. The van der Waals surface area contributed by atoms with E-state index in [1.165, 1.54) is 10.5 Å². The Morgan fingerprint density at radius 3 is 2.86 bits per heavy atom. The molecule has 0 amide bonds. The average Bonchev–Trinajstić information content (AvgIpc) is 2.97. The van der Waals surface area contributed by atoms with Crippen LogP contribution in [0.15, 0.2) is 33.7 Å². The van der Waals surface area contributed by atoms with Gasteiger partial charge in [-0.15, -0.1) is 11.8 Å². The molecule has 1 atom stereocenters. The van der Waals surface area contributed by atoms with E-state index in [1.807, 2.05) is 0 Å². The highest BCUT2D eigenvalue weighted by molar-refractivity contribution is 7.98. The maximum Gasteiger partial charge on any atom is 0.233 e. The Morgan fingerprint density at radius 2 is 2.14 bits per heavy atom. The maximum absolute atomic E-state index is 5.50. The molecule has 5 heteroatoms. The third-order valence-corrected chi connectivity index (χ3v) is 4.98. The van der Waals surface area contributed by atoms with E-state index in [9.17, 15) is 0 Å². The summed E-state index contributed by atoms with van der Waals surface area (Å²) in [4.78, 5) is 5.83. The molecule has 21 heavy (non-hydrogen) atoms. The lowest BCUT2D eigenvalue weighted by molar-refractivity contribution is 0.245. The lowest BCUT2D eigenvalue weighted by atomic mass is 9.83. The SMILES string of the molecule is Cc1ccc(SCc2noc(C3(C)CCCNC3)n2)cc1. The van der Waals surface area contributed by atoms with E-state index >= 15 is 0 Å². The number of benzene rings is 1. The molecule has 1 fully saturated rings. The standard InChI is InChI=1S/C16H21N3OS/c1-12-4-6-13(7-5-12)21-10-14-18-15(20-19-14)16(2)8-3-9-17-11-16/h4-7,17H,3,8-11H2,1-2H3. The Bertz CT molecular complexity index is 588. The van der Waals surface area contributed by atoms with Crippen LogP contribution in [-0.2, 0) is 11.2 Å². The first kappa shape index (κ1) is 14.6. The molecule has 0 bridgehead atoms. The monoisotopic (exact) mass is 303 g/mol. The quantitative estimate of drug-likeness (QED) is 0.878. The van der Waals surface area contributed by atoms with Crippen LogP contribution in [-0.4, -0.2) is 23.2 Å². The van der Waals surface area contributed by atoms with Crippen molar-refractivity contribution < 1.29 is 4.52 Å². The highest BCUT2D eigenvalue weighted by atomic mass is 32.2. The molecule has 112 valence electrons. The molecule has 2 heterocycles. The van der Waals surface area contributed by atoms with Gasteiger partial charge in [0.1, 0.15) is 0 Å². The predicted molar refractivity (Wildman–Crippen MR) is 84.5 cm³/mol. The van der Waals surface area contributed by atoms with Gasteiger partial charge in [0.15, 0.2) is 5.82 Å². The van der Waals surface area contributed by atoms with Crippen molar-refractivity contribution in [2.75, 3.05) is 13.1 Å². The van der Waals surface area contributed by atoms with E-state index in [4.69, 9.17) is 4.52 Å². The average molecular weight is 303 g/mol. The number of nitrogens with one attached hydrogen (secondary N) is 1. The third kappa shape index (κ3) is 3.47. The maximum atomic E-state index is 5.50. The van der Waals surface area contributed by atoms with E-state index < -0.39 is 0 Å². The van der Waals surface area contributed by atoms with E-state index in [2.05, 4.69) is 53.6 Å². The minimum absolute atomic E-state index is 0.0158. The van der Waals surface area contributed by atoms with Crippen molar-refractivity contribution in [3.8, 4) is 0 Å². The van der Waals surface area contributed by atoms with Gasteiger partial charge in [0, 0.05) is 11.4 Å². The first-order chi connectivity index (χ1) is 10.2. The smallest absolute Gasteiger partial charge is 0.233 e. The number of piperidine rings is 1. The number of nitrogens with zero attached hydrogens (tertiary/aromatic N) is 2. The first-order valence-electron chi connectivity index (χ1n) is 7.39. The number of rotatable bonds is 4. The van der Waals surface area contributed by atoms with Crippen LogP contribution < -0.4 is 5.32 Å². The fourth-order valence-electron chi connectivity index (χ4n) is 2.58. The van der Waals surface area contributed by atoms with Crippen molar-refractivity contribution in [2.24, 2.45) is 0 Å². The van der Waals surface area contributed by atoms with Gasteiger partial charge in [-0.3, -0.25) is 0 Å². The van der Waals surface area contributed by atoms with E-state index in [0.29, 0.717) is 0 Å². The molecule has 1 aliphatic heterocycles. The number of hydrogen-bond donors (Lipinski definition) is 1. The Kier molecular flexibility index (Phi) is 4.31. The lowest BCUT2D eigenvalue weighted by Gasteiger charge is -2.30. The Hall–Kier alpha value is -1.33. The molecule has 1 aromatic carbocycles. The van der Waals surface area contributed by atoms with Crippen molar-refractivity contribution in [3.05, 3.63) is 41.5 Å². The van der Waals surface area contributed by atoms with Crippen molar-refractivity contribution in [2.45, 2.75) is 42.8 Å². The number of aryl methyl sites for hydroxylation is 1. The van der Waals surface area contributed by atoms with Gasteiger partial charge in [0.2, 0.25) is 5.89 Å². The van der Waals surface area contributed by atoms with Gasteiger partial charge in [0.05, 0.1) is 11.2 Å². The van der Waals surface area contributed by atoms with Crippen LogP contribution in [0.5, 0.6) is 0 Å². The predicted octanol–water partition coefficient (Wildman–Crippen LogP) is 3.31. The van der Waals surface area contributed by atoms with Crippen LogP contribution in [0.25, 0.3) is 0 Å². The number of hydrogen-bond acceptors (Lipinski definition) is 5. The van der Waals surface area contributed by atoms with E-state index in [1.54, 1.807) is 11.8 Å². The molecule has 0 aliphatic carbocycles. The molecular formula is C16H21N3OS. The summed E-state index contributed by atoms with van der Waals surface area (Å²) in [5, 5.41) is 7.55. The fraction of sp³-hybridized carbons (Fsp3) is 0.500. The Balaban J connectivity index is 1.63. The van der Waals surface area contributed by atoms with E-state index in [0.717, 1.165) is 43.4 Å². The van der Waals surface area contributed by atoms with Crippen molar-refractivity contribution in [1.82, 2.24) is 15.5 Å². The zero-order chi connectivity index (χ0) is 14.7. The largest absolute Gasteiger partial charge is 0.339 e. The van der Waals surface area contributed by atoms with E-state index in [-0.39, 0.29) is 5.41 Å². The summed E-state index contributed by atoms with van der Waals surface area (Å²) < 4.78 is 5.50. The minimum atomic E-state index is -0.0158. The molecule has 3 rings (SSSR count). The van der Waals surface area contributed by atoms with Crippen LogP contribution >= 0.6 is 11.8 Å². The zero-order valence-electron chi connectivity index (χ0n) is 12.6. The molecular weight excluding hydrogens is 282 g/mol. The molecule has 2 aromatic rings. The molecule has 1 saturated heterocycles. The van der Waals surface area contributed by atoms with Gasteiger partial charge >= 0.3 is 0 Å². The normalized spacial score (nSPS) is 22.4. The number of aromatic nitrogens is 2. The summed E-state index contributed by atoms with van der Waals surface area (Å²) >= 11 is 1.74. The molecule has 4 nitrogen and oxygen atoms in total. The van der Waals surface area contributed by atoms with Crippen LogP contribution in [0.4, 0.5) is 0 Å². The highest BCUT2D eigenvalue weighted by Crippen LogP contribution is 2.30. The zero-order valence-corrected chi connectivity index (χ0v) is 13.4. The molecule has 0 spiro atoms. The summed E-state index contributed by atoms with van der Waals surface area (Å²) in [6.07, 6.45) is 2.26.